The van der Waals surface area contributed by atoms with Gasteiger partial charge in [0.2, 0.25) is 0 Å². The molecule has 0 unspecified atom stereocenters. The normalized spacial score (nSPS) is 18.8. The van der Waals surface area contributed by atoms with E-state index in [1.165, 1.54) is 4.90 Å². The van der Waals surface area contributed by atoms with Crippen LogP contribution in [-0.2, 0) is 4.79 Å². The lowest BCUT2D eigenvalue weighted by Crippen LogP contribution is -2.59. The minimum Gasteiger partial charge on any atom is -0.480 e. The molecule has 2 amide bonds. The molecule has 1 saturated heterocycles. The summed E-state index contributed by atoms with van der Waals surface area (Å²) in [5.41, 5.74) is -1.36. The monoisotopic (exact) mass is 256 g/mol. The van der Waals surface area contributed by atoms with Crippen LogP contribution in [0.3, 0.4) is 0 Å². The minimum absolute atomic E-state index is 0.174. The molecule has 0 aliphatic carbocycles. The second kappa shape index (κ2) is 4.78. The van der Waals surface area contributed by atoms with Gasteiger partial charge in [-0.15, -0.1) is 0 Å². The Morgan fingerprint density at radius 2 is 1.94 bits per heavy atom. The van der Waals surface area contributed by atoms with Crippen molar-refractivity contribution in [3.05, 3.63) is 0 Å². The highest BCUT2D eigenvalue weighted by Crippen LogP contribution is 2.30. The maximum atomic E-state index is 12.5. The highest BCUT2D eigenvalue weighted by Gasteiger charge is 2.43. The molecule has 0 aromatic carbocycles. The van der Waals surface area contributed by atoms with Crippen LogP contribution in [0.1, 0.15) is 47.5 Å². The molecule has 0 saturated carbocycles. The molecule has 0 spiro atoms. The first-order chi connectivity index (χ1) is 8.14. The van der Waals surface area contributed by atoms with E-state index in [0.29, 0.717) is 13.1 Å². The highest BCUT2D eigenvalue weighted by molar-refractivity contribution is 5.86. The number of urea groups is 1. The third-order valence-electron chi connectivity index (χ3n) is 3.88. The smallest absolute Gasteiger partial charge is 0.329 e. The van der Waals surface area contributed by atoms with Crippen LogP contribution in [0.5, 0.6) is 0 Å². The van der Waals surface area contributed by atoms with E-state index in [1.54, 1.807) is 18.7 Å². The summed E-state index contributed by atoms with van der Waals surface area (Å²) in [4.78, 5) is 27.0. The standard InChI is InChI=1S/C13H24N2O3/c1-6-14(13(4,5)10(16)17)11(18)15-9-7-8-12(15,2)3/h6-9H2,1-5H3,(H,16,17). The number of rotatable bonds is 3. The van der Waals surface area contributed by atoms with Crippen LogP contribution in [0.2, 0.25) is 0 Å². The van der Waals surface area contributed by atoms with Crippen LogP contribution in [0.25, 0.3) is 0 Å². The molecule has 1 N–H and O–H groups in total. The Bertz CT molecular complexity index is 350. The first-order valence-electron chi connectivity index (χ1n) is 6.47. The van der Waals surface area contributed by atoms with E-state index < -0.39 is 11.5 Å². The molecule has 0 radical (unpaired) electrons. The molecule has 1 aliphatic heterocycles. The van der Waals surface area contributed by atoms with Crippen molar-refractivity contribution in [3.8, 4) is 0 Å². The maximum Gasteiger partial charge on any atom is 0.329 e. The van der Waals surface area contributed by atoms with Crippen LogP contribution in [0, 0.1) is 0 Å². The van der Waals surface area contributed by atoms with Gasteiger partial charge in [0.05, 0.1) is 0 Å². The number of hydrogen-bond acceptors (Lipinski definition) is 2. The molecule has 5 nitrogen and oxygen atoms in total. The fraction of sp³-hybridized carbons (Fsp3) is 0.846. The first-order valence-corrected chi connectivity index (χ1v) is 6.47. The minimum atomic E-state index is -1.18. The molecule has 0 bridgehead atoms. The van der Waals surface area contributed by atoms with Crippen molar-refractivity contribution in [1.82, 2.24) is 9.80 Å². The van der Waals surface area contributed by atoms with Gasteiger partial charge in [-0.3, -0.25) is 0 Å². The van der Waals surface area contributed by atoms with Gasteiger partial charge >= 0.3 is 12.0 Å². The van der Waals surface area contributed by atoms with Crippen molar-refractivity contribution in [3.63, 3.8) is 0 Å². The summed E-state index contributed by atoms with van der Waals surface area (Å²) in [5, 5.41) is 9.25. The van der Waals surface area contributed by atoms with Crippen molar-refractivity contribution in [2.24, 2.45) is 0 Å². The summed E-state index contributed by atoms with van der Waals surface area (Å²) in [7, 11) is 0. The lowest BCUT2D eigenvalue weighted by Gasteiger charge is -2.41. The molecule has 18 heavy (non-hydrogen) atoms. The summed E-state index contributed by atoms with van der Waals surface area (Å²) in [6, 6.07) is -0.174. The van der Waals surface area contributed by atoms with E-state index >= 15 is 0 Å². The average molecular weight is 256 g/mol. The topological polar surface area (TPSA) is 60.9 Å². The molecule has 1 aliphatic rings. The van der Waals surface area contributed by atoms with Crippen LogP contribution in [-0.4, -0.2) is 51.1 Å². The molecule has 1 heterocycles. The van der Waals surface area contributed by atoms with E-state index in [0.717, 1.165) is 12.8 Å². The maximum absolute atomic E-state index is 12.5. The number of amides is 2. The quantitative estimate of drug-likeness (QED) is 0.841. The molecule has 5 heteroatoms. The predicted molar refractivity (Wildman–Crippen MR) is 69.5 cm³/mol. The number of likely N-dealkylation sites (tertiary alicyclic amines) is 1. The van der Waals surface area contributed by atoms with Gasteiger partial charge in [-0.1, -0.05) is 0 Å². The van der Waals surface area contributed by atoms with Gasteiger partial charge in [-0.25, -0.2) is 9.59 Å². The van der Waals surface area contributed by atoms with Gasteiger partial charge < -0.3 is 14.9 Å². The summed E-state index contributed by atoms with van der Waals surface area (Å²) in [6.45, 7) is 10.1. The number of hydrogen-bond donors (Lipinski definition) is 1. The second-order valence-corrected chi connectivity index (χ2v) is 5.96. The number of carboxylic acid groups (broad SMARTS) is 1. The number of carbonyl (C=O) groups is 2. The number of carboxylic acids is 1. The third-order valence-corrected chi connectivity index (χ3v) is 3.88. The Labute approximate surface area is 109 Å². The van der Waals surface area contributed by atoms with Gasteiger partial charge in [0.25, 0.3) is 0 Å². The van der Waals surface area contributed by atoms with Gasteiger partial charge in [0, 0.05) is 18.6 Å². The molecular weight excluding hydrogens is 232 g/mol. The van der Waals surface area contributed by atoms with Crippen LogP contribution < -0.4 is 0 Å². The zero-order valence-electron chi connectivity index (χ0n) is 12.0. The Morgan fingerprint density at radius 1 is 1.39 bits per heavy atom. The summed E-state index contributed by atoms with van der Waals surface area (Å²) >= 11 is 0. The Hall–Kier alpha value is -1.26. The average Bonchev–Trinajstić information content (AvgIpc) is 2.58. The zero-order valence-corrected chi connectivity index (χ0v) is 12.0. The van der Waals surface area contributed by atoms with Gasteiger partial charge in [0.1, 0.15) is 5.54 Å². The van der Waals surface area contributed by atoms with E-state index in [-0.39, 0.29) is 11.6 Å². The lowest BCUT2D eigenvalue weighted by atomic mass is 10.0. The number of nitrogens with zero attached hydrogens (tertiary/aromatic N) is 2. The molecule has 0 aromatic rings. The van der Waals surface area contributed by atoms with E-state index in [4.69, 9.17) is 0 Å². The SMILES string of the molecule is CCN(C(=O)N1CCCC1(C)C)C(C)(C)C(=O)O. The highest BCUT2D eigenvalue weighted by atomic mass is 16.4. The van der Waals surface area contributed by atoms with Gasteiger partial charge in [-0.2, -0.15) is 0 Å². The van der Waals surface area contributed by atoms with Crippen LogP contribution >= 0.6 is 0 Å². The van der Waals surface area contributed by atoms with Crippen molar-refractivity contribution in [2.75, 3.05) is 13.1 Å². The molecule has 0 aromatic heterocycles. The fourth-order valence-corrected chi connectivity index (χ4v) is 2.49. The summed E-state index contributed by atoms with van der Waals surface area (Å²) in [5.74, 6) is -0.977. The number of likely N-dealkylation sites (N-methyl/N-ethyl adjacent to an activating group) is 1. The van der Waals surface area contributed by atoms with Gasteiger partial charge in [-0.05, 0) is 47.5 Å². The van der Waals surface area contributed by atoms with E-state index in [2.05, 4.69) is 0 Å². The largest absolute Gasteiger partial charge is 0.480 e. The summed E-state index contributed by atoms with van der Waals surface area (Å²) < 4.78 is 0. The van der Waals surface area contributed by atoms with Gasteiger partial charge in [0.15, 0.2) is 0 Å². The second-order valence-electron chi connectivity index (χ2n) is 5.96. The zero-order chi connectivity index (χ0) is 14.1. The van der Waals surface area contributed by atoms with Crippen LogP contribution in [0.4, 0.5) is 4.79 Å². The van der Waals surface area contributed by atoms with Crippen molar-refractivity contribution < 1.29 is 14.7 Å². The Kier molecular flexibility index (Phi) is 3.93. The first kappa shape index (κ1) is 14.8. The fourth-order valence-electron chi connectivity index (χ4n) is 2.49. The number of carbonyl (C=O) groups excluding carboxylic acids is 1. The lowest BCUT2D eigenvalue weighted by molar-refractivity contribution is -0.147. The molecule has 104 valence electrons. The van der Waals surface area contributed by atoms with Crippen molar-refractivity contribution in [2.45, 2.75) is 58.5 Å². The van der Waals surface area contributed by atoms with Crippen molar-refractivity contribution in [1.29, 1.82) is 0 Å². The van der Waals surface area contributed by atoms with E-state index in [9.17, 15) is 14.7 Å². The van der Waals surface area contributed by atoms with Crippen LogP contribution in [0.15, 0.2) is 0 Å². The molecule has 0 atom stereocenters. The Morgan fingerprint density at radius 3 is 2.28 bits per heavy atom. The molecule has 1 rings (SSSR count). The van der Waals surface area contributed by atoms with E-state index in [1.807, 2.05) is 20.8 Å². The summed E-state index contributed by atoms with van der Waals surface area (Å²) in [6.07, 6.45) is 1.94. The third kappa shape index (κ3) is 2.44. The molecular formula is C13H24N2O3. The number of aliphatic carboxylic acids is 1. The van der Waals surface area contributed by atoms with Crippen molar-refractivity contribution >= 4 is 12.0 Å². The Balaban J connectivity index is 2.97. The predicted octanol–water partition coefficient (Wildman–Crippen LogP) is 2.17. The molecule has 1 fully saturated rings.